The minimum Gasteiger partial charge on any atom is -0.462 e. The van der Waals surface area contributed by atoms with Gasteiger partial charge < -0.3 is 19.4 Å². The number of nitrogens with zero attached hydrogens (tertiary/aromatic N) is 2. The SMILES string of the molecule is CCOC(=O)c1cc(-c2ccccc2)sc1NC(=O)[C@H](C)N1CCN(C(=O)c2ccco2)CC1. The molecule has 0 saturated carbocycles. The minimum absolute atomic E-state index is 0.146. The van der Waals surface area contributed by atoms with E-state index >= 15 is 0 Å². The van der Waals surface area contributed by atoms with E-state index in [2.05, 4.69) is 5.32 Å². The van der Waals surface area contributed by atoms with Gasteiger partial charge in [0.2, 0.25) is 5.91 Å². The number of carbonyl (C=O) groups is 3. The van der Waals surface area contributed by atoms with Gasteiger partial charge in [-0.3, -0.25) is 14.5 Å². The summed E-state index contributed by atoms with van der Waals surface area (Å²) in [5, 5.41) is 3.41. The minimum atomic E-state index is -0.464. The summed E-state index contributed by atoms with van der Waals surface area (Å²) >= 11 is 1.35. The van der Waals surface area contributed by atoms with Crippen LogP contribution in [-0.2, 0) is 9.53 Å². The highest BCUT2D eigenvalue weighted by molar-refractivity contribution is 7.20. The number of amides is 2. The van der Waals surface area contributed by atoms with Gasteiger partial charge >= 0.3 is 5.97 Å². The highest BCUT2D eigenvalue weighted by Gasteiger charge is 2.30. The lowest BCUT2D eigenvalue weighted by Gasteiger charge is -2.37. The number of nitrogens with one attached hydrogen (secondary N) is 1. The zero-order valence-corrected chi connectivity index (χ0v) is 20.0. The van der Waals surface area contributed by atoms with Crippen LogP contribution in [0.2, 0.25) is 0 Å². The lowest BCUT2D eigenvalue weighted by Crippen LogP contribution is -2.54. The van der Waals surface area contributed by atoms with Gasteiger partial charge in [0.1, 0.15) is 5.00 Å². The molecule has 1 saturated heterocycles. The molecule has 9 heteroatoms. The molecule has 2 aromatic heterocycles. The summed E-state index contributed by atoms with van der Waals surface area (Å²) in [7, 11) is 0. The summed E-state index contributed by atoms with van der Waals surface area (Å²) in [5.41, 5.74) is 1.31. The average Bonchev–Trinajstić information content (AvgIpc) is 3.55. The van der Waals surface area contributed by atoms with Gasteiger partial charge in [-0.15, -0.1) is 11.3 Å². The van der Waals surface area contributed by atoms with Crippen LogP contribution in [0.15, 0.2) is 59.2 Å². The average molecular weight is 482 g/mol. The van der Waals surface area contributed by atoms with Crippen molar-refractivity contribution in [1.82, 2.24) is 9.80 Å². The Morgan fingerprint density at radius 1 is 1.09 bits per heavy atom. The summed E-state index contributed by atoms with van der Waals surface area (Å²) in [6.07, 6.45) is 1.48. The molecule has 1 atom stereocenters. The van der Waals surface area contributed by atoms with Crippen LogP contribution in [-0.4, -0.2) is 66.4 Å². The second-order valence-corrected chi connectivity index (χ2v) is 8.96. The molecule has 8 nitrogen and oxygen atoms in total. The maximum Gasteiger partial charge on any atom is 0.341 e. The third kappa shape index (κ3) is 5.21. The lowest BCUT2D eigenvalue weighted by atomic mass is 10.1. The van der Waals surface area contributed by atoms with Crippen molar-refractivity contribution in [2.75, 3.05) is 38.1 Å². The highest BCUT2D eigenvalue weighted by Crippen LogP contribution is 2.36. The number of anilines is 1. The zero-order valence-electron chi connectivity index (χ0n) is 19.2. The fraction of sp³-hybridized carbons (Fsp3) is 0.320. The molecule has 2 amide bonds. The first-order valence-corrected chi connectivity index (χ1v) is 12.0. The third-order valence-electron chi connectivity index (χ3n) is 5.78. The van der Waals surface area contributed by atoms with E-state index in [4.69, 9.17) is 9.15 Å². The molecule has 0 aliphatic carbocycles. The quantitative estimate of drug-likeness (QED) is 0.514. The molecule has 1 aliphatic rings. The summed E-state index contributed by atoms with van der Waals surface area (Å²) < 4.78 is 10.4. The number of furan rings is 1. The molecule has 3 aromatic rings. The Bertz CT molecular complexity index is 1130. The topological polar surface area (TPSA) is 92.1 Å². The molecule has 1 fully saturated rings. The third-order valence-corrected chi connectivity index (χ3v) is 6.88. The Labute approximate surface area is 202 Å². The van der Waals surface area contributed by atoms with Gasteiger partial charge in [0.15, 0.2) is 5.76 Å². The van der Waals surface area contributed by atoms with Crippen LogP contribution in [0.4, 0.5) is 5.00 Å². The van der Waals surface area contributed by atoms with Crippen molar-refractivity contribution < 1.29 is 23.5 Å². The van der Waals surface area contributed by atoms with Crippen molar-refractivity contribution in [2.24, 2.45) is 0 Å². The first-order chi connectivity index (χ1) is 16.5. The largest absolute Gasteiger partial charge is 0.462 e. The first-order valence-electron chi connectivity index (χ1n) is 11.2. The van der Waals surface area contributed by atoms with Crippen LogP contribution in [0.3, 0.4) is 0 Å². The summed E-state index contributed by atoms with van der Waals surface area (Å²) in [5.74, 6) is -0.503. The number of thiophene rings is 1. The predicted molar refractivity (Wildman–Crippen MR) is 130 cm³/mol. The summed E-state index contributed by atoms with van der Waals surface area (Å²) in [4.78, 5) is 42.7. The van der Waals surface area contributed by atoms with Gasteiger partial charge in [-0.05, 0) is 37.6 Å². The molecule has 0 radical (unpaired) electrons. The molecule has 3 heterocycles. The van der Waals surface area contributed by atoms with Crippen molar-refractivity contribution in [3.63, 3.8) is 0 Å². The number of ether oxygens (including phenoxy) is 1. The Hall–Kier alpha value is -3.43. The Kier molecular flexibility index (Phi) is 7.44. The standard InChI is InChI=1S/C25H27N3O5S/c1-3-32-25(31)19-16-21(18-8-5-4-6-9-18)34-23(19)26-22(29)17(2)27-11-13-28(14-12-27)24(30)20-10-7-15-33-20/h4-10,15-17H,3,11-14H2,1-2H3,(H,26,29)/t17-/m0/s1. The number of rotatable bonds is 7. The molecular formula is C25H27N3O5S. The van der Waals surface area contributed by atoms with Crippen LogP contribution in [0, 0.1) is 0 Å². The highest BCUT2D eigenvalue weighted by atomic mass is 32.1. The van der Waals surface area contributed by atoms with E-state index in [0.29, 0.717) is 42.5 Å². The number of piperazine rings is 1. The molecule has 178 valence electrons. The number of hydrogen-bond donors (Lipinski definition) is 1. The second kappa shape index (κ2) is 10.7. The zero-order chi connectivity index (χ0) is 24.1. The van der Waals surface area contributed by atoms with Crippen molar-refractivity contribution in [1.29, 1.82) is 0 Å². The van der Waals surface area contributed by atoms with E-state index in [1.54, 1.807) is 30.0 Å². The molecular weight excluding hydrogens is 454 g/mol. The van der Waals surface area contributed by atoms with E-state index in [1.807, 2.05) is 42.2 Å². The van der Waals surface area contributed by atoms with Crippen LogP contribution in [0.1, 0.15) is 34.8 Å². The van der Waals surface area contributed by atoms with Gasteiger partial charge in [-0.2, -0.15) is 0 Å². The molecule has 1 aliphatic heterocycles. The van der Waals surface area contributed by atoms with Gasteiger partial charge in [0.05, 0.1) is 24.5 Å². The van der Waals surface area contributed by atoms with Gasteiger partial charge in [0.25, 0.3) is 5.91 Å². The number of hydrogen-bond acceptors (Lipinski definition) is 7. The number of benzene rings is 1. The smallest absolute Gasteiger partial charge is 0.341 e. The molecule has 0 spiro atoms. The van der Waals surface area contributed by atoms with Gasteiger partial charge in [-0.25, -0.2) is 4.79 Å². The van der Waals surface area contributed by atoms with E-state index < -0.39 is 12.0 Å². The number of esters is 1. The van der Waals surface area contributed by atoms with Crippen LogP contribution >= 0.6 is 11.3 Å². The normalized spacial score (nSPS) is 15.1. The monoisotopic (exact) mass is 481 g/mol. The first kappa shape index (κ1) is 23.7. The van der Waals surface area contributed by atoms with E-state index in [9.17, 15) is 14.4 Å². The van der Waals surface area contributed by atoms with Gasteiger partial charge in [0, 0.05) is 31.1 Å². The maximum atomic E-state index is 13.1. The van der Waals surface area contributed by atoms with E-state index in [1.165, 1.54) is 17.6 Å². The van der Waals surface area contributed by atoms with Crippen molar-refractivity contribution in [2.45, 2.75) is 19.9 Å². The van der Waals surface area contributed by atoms with E-state index in [0.717, 1.165) is 10.4 Å². The molecule has 34 heavy (non-hydrogen) atoms. The van der Waals surface area contributed by atoms with E-state index in [-0.39, 0.29) is 18.4 Å². The van der Waals surface area contributed by atoms with Gasteiger partial charge in [-0.1, -0.05) is 30.3 Å². The van der Waals surface area contributed by atoms with Crippen LogP contribution in [0.25, 0.3) is 10.4 Å². The summed E-state index contributed by atoms with van der Waals surface area (Å²) in [6.45, 7) is 5.95. The lowest BCUT2D eigenvalue weighted by molar-refractivity contribution is -0.121. The fourth-order valence-electron chi connectivity index (χ4n) is 3.84. The molecule has 0 bridgehead atoms. The Morgan fingerprint density at radius 3 is 2.47 bits per heavy atom. The van der Waals surface area contributed by atoms with Crippen molar-refractivity contribution in [3.05, 3.63) is 66.1 Å². The molecule has 1 N–H and O–H groups in total. The second-order valence-electron chi connectivity index (χ2n) is 7.91. The Balaban J connectivity index is 1.43. The maximum absolute atomic E-state index is 13.1. The predicted octanol–water partition coefficient (Wildman–Crippen LogP) is 3.97. The summed E-state index contributed by atoms with van der Waals surface area (Å²) in [6, 6.07) is 14.4. The number of carbonyl (C=O) groups excluding carboxylic acids is 3. The molecule has 0 unspecified atom stereocenters. The molecule has 4 rings (SSSR count). The Morgan fingerprint density at radius 2 is 1.82 bits per heavy atom. The fourth-order valence-corrected chi connectivity index (χ4v) is 4.89. The van der Waals surface area contributed by atoms with Crippen molar-refractivity contribution >= 4 is 34.1 Å². The molecule has 1 aromatic carbocycles. The van der Waals surface area contributed by atoms with Crippen LogP contribution in [0.5, 0.6) is 0 Å². The van der Waals surface area contributed by atoms with Crippen molar-refractivity contribution in [3.8, 4) is 10.4 Å². The van der Waals surface area contributed by atoms with Crippen LogP contribution < -0.4 is 5.32 Å².